The van der Waals surface area contributed by atoms with Crippen molar-refractivity contribution in [2.75, 3.05) is 24.6 Å². The van der Waals surface area contributed by atoms with Crippen LogP contribution in [0.25, 0.3) is 0 Å². The van der Waals surface area contributed by atoms with E-state index in [0.717, 1.165) is 38.2 Å². The molecule has 2 rings (SSSR count). The summed E-state index contributed by atoms with van der Waals surface area (Å²) >= 11 is 5.85. The summed E-state index contributed by atoms with van der Waals surface area (Å²) in [5, 5.41) is 0.628. The molecule has 0 amide bonds. The van der Waals surface area contributed by atoms with E-state index in [1.54, 1.807) is 19.2 Å². The van der Waals surface area contributed by atoms with E-state index < -0.39 is 6.10 Å². The number of piperidine rings is 1. The van der Waals surface area contributed by atoms with Crippen molar-refractivity contribution in [1.29, 1.82) is 0 Å². The van der Waals surface area contributed by atoms with Gasteiger partial charge in [0, 0.05) is 32.1 Å². The largest absolute Gasteiger partial charge is 0.460 e. The van der Waals surface area contributed by atoms with Gasteiger partial charge in [-0.2, -0.15) is 0 Å². The highest BCUT2D eigenvalue weighted by molar-refractivity contribution is 6.30. The zero-order chi connectivity index (χ0) is 16.7. The maximum absolute atomic E-state index is 12.0. The van der Waals surface area contributed by atoms with Crippen LogP contribution in [-0.2, 0) is 14.3 Å². The molecule has 1 unspecified atom stereocenters. The van der Waals surface area contributed by atoms with Gasteiger partial charge in [-0.1, -0.05) is 17.7 Å². The summed E-state index contributed by atoms with van der Waals surface area (Å²) in [7, 11) is 0. The molecule has 0 bridgehead atoms. The number of carbonyl (C=O) groups is 1. The van der Waals surface area contributed by atoms with Gasteiger partial charge in [0.05, 0.1) is 11.6 Å². The van der Waals surface area contributed by atoms with Crippen molar-refractivity contribution in [3.05, 3.63) is 36.0 Å². The molecule has 1 fully saturated rings. The summed E-state index contributed by atoms with van der Waals surface area (Å²) in [6.07, 6.45) is 5.11. The minimum atomic E-state index is -0.536. The Morgan fingerprint density at radius 2 is 2.26 bits per heavy atom. The van der Waals surface area contributed by atoms with Gasteiger partial charge in [0.2, 0.25) is 0 Å². The molecule has 0 aliphatic carbocycles. The third kappa shape index (κ3) is 5.52. The molecule has 2 heterocycles. The second-order valence-corrected chi connectivity index (χ2v) is 5.98. The van der Waals surface area contributed by atoms with Crippen molar-refractivity contribution >= 4 is 23.4 Å². The fourth-order valence-electron chi connectivity index (χ4n) is 2.41. The summed E-state index contributed by atoms with van der Waals surface area (Å²) in [4.78, 5) is 18.5. The first-order valence-electron chi connectivity index (χ1n) is 7.89. The van der Waals surface area contributed by atoms with Gasteiger partial charge in [-0.15, -0.1) is 6.58 Å². The molecule has 1 aliphatic heterocycles. The highest BCUT2D eigenvalue weighted by atomic mass is 35.5. The maximum Gasteiger partial charge on any atom is 0.335 e. The Morgan fingerprint density at radius 1 is 1.52 bits per heavy atom. The number of ether oxygens (including phenoxy) is 2. The highest BCUT2D eigenvalue weighted by Gasteiger charge is 2.25. The van der Waals surface area contributed by atoms with Gasteiger partial charge in [-0.05, 0) is 25.5 Å². The number of rotatable bonds is 7. The number of nitrogens with zero attached hydrogens (tertiary/aromatic N) is 2. The van der Waals surface area contributed by atoms with E-state index >= 15 is 0 Å². The molecule has 1 atom stereocenters. The van der Waals surface area contributed by atoms with Crippen molar-refractivity contribution < 1.29 is 14.3 Å². The molecule has 0 aromatic carbocycles. The number of hydrogen-bond donors (Lipinski definition) is 0. The summed E-state index contributed by atoms with van der Waals surface area (Å²) in [6.45, 7) is 7.43. The lowest BCUT2D eigenvalue weighted by molar-refractivity contribution is -0.162. The first kappa shape index (κ1) is 17.8. The van der Waals surface area contributed by atoms with E-state index in [2.05, 4.69) is 16.5 Å². The van der Waals surface area contributed by atoms with Crippen LogP contribution in [0.15, 0.2) is 31.0 Å². The predicted octanol–water partition coefficient (Wildman–Crippen LogP) is 3.23. The van der Waals surface area contributed by atoms with E-state index in [9.17, 15) is 4.79 Å². The standard InChI is InChI=1S/C17H23ClN2O3/c1-3-4-11-22-13(2)17(21)23-15-7-9-20(10-8-15)16-6-5-14(18)12-19-16/h3,5-6,12-13,15H,1,4,7-11H2,2H3. The Kier molecular flexibility index (Phi) is 6.86. The van der Waals surface area contributed by atoms with Gasteiger partial charge in [0.1, 0.15) is 11.9 Å². The van der Waals surface area contributed by atoms with Crippen molar-refractivity contribution in [2.45, 2.75) is 38.4 Å². The third-order valence-electron chi connectivity index (χ3n) is 3.78. The van der Waals surface area contributed by atoms with Gasteiger partial charge in [-0.3, -0.25) is 0 Å². The van der Waals surface area contributed by atoms with Crippen LogP contribution in [0.2, 0.25) is 5.02 Å². The quantitative estimate of drug-likeness (QED) is 0.434. The molecule has 0 spiro atoms. The molecule has 0 saturated carbocycles. The molecule has 1 aromatic rings. The highest BCUT2D eigenvalue weighted by Crippen LogP contribution is 2.21. The molecule has 0 N–H and O–H groups in total. The Morgan fingerprint density at radius 3 is 2.87 bits per heavy atom. The first-order valence-corrected chi connectivity index (χ1v) is 8.27. The Hall–Kier alpha value is -1.59. The Labute approximate surface area is 142 Å². The average molecular weight is 339 g/mol. The van der Waals surface area contributed by atoms with Crippen LogP contribution in [0, 0.1) is 0 Å². The molecule has 5 nitrogen and oxygen atoms in total. The van der Waals surface area contributed by atoms with Crippen LogP contribution in [0.4, 0.5) is 5.82 Å². The molecular formula is C17H23ClN2O3. The van der Waals surface area contributed by atoms with Crippen LogP contribution in [-0.4, -0.2) is 42.9 Å². The van der Waals surface area contributed by atoms with E-state index in [1.165, 1.54) is 0 Å². The molecule has 1 aromatic heterocycles. The molecule has 1 saturated heterocycles. The van der Waals surface area contributed by atoms with E-state index in [4.69, 9.17) is 21.1 Å². The number of aromatic nitrogens is 1. The van der Waals surface area contributed by atoms with Crippen molar-refractivity contribution in [1.82, 2.24) is 4.98 Å². The molecule has 0 radical (unpaired) electrons. The minimum absolute atomic E-state index is 0.0588. The van der Waals surface area contributed by atoms with Crippen molar-refractivity contribution in [2.24, 2.45) is 0 Å². The molecule has 23 heavy (non-hydrogen) atoms. The lowest BCUT2D eigenvalue weighted by Crippen LogP contribution is -2.39. The fourth-order valence-corrected chi connectivity index (χ4v) is 2.53. The van der Waals surface area contributed by atoms with Crippen molar-refractivity contribution in [3.63, 3.8) is 0 Å². The number of hydrogen-bond acceptors (Lipinski definition) is 5. The van der Waals surface area contributed by atoms with Crippen LogP contribution in [0.5, 0.6) is 0 Å². The summed E-state index contributed by atoms with van der Waals surface area (Å²) in [5.74, 6) is 0.609. The smallest absolute Gasteiger partial charge is 0.335 e. The van der Waals surface area contributed by atoms with Gasteiger partial charge >= 0.3 is 5.97 Å². The maximum atomic E-state index is 12.0. The van der Waals surface area contributed by atoms with Crippen LogP contribution in [0.1, 0.15) is 26.2 Å². The van der Waals surface area contributed by atoms with Gasteiger partial charge in [0.15, 0.2) is 6.10 Å². The van der Waals surface area contributed by atoms with E-state index in [1.807, 2.05) is 12.1 Å². The normalized spacial score (nSPS) is 16.9. The molecule has 126 valence electrons. The zero-order valence-electron chi connectivity index (χ0n) is 13.4. The number of anilines is 1. The lowest BCUT2D eigenvalue weighted by Gasteiger charge is -2.32. The van der Waals surface area contributed by atoms with Crippen LogP contribution < -0.4 is 4.90 Å². The second-order valence-electron chi connectivity index (χ2n) is 5.55. The molecular weight excluding hydrogens is 316 g/mol. The Bertz CT molecular complexity index is 513. The summed E-state index contributed by atoms with van der Waals surface area (Å²) in [6, 6.07) is 3.74. The summed E-state index contributed by atoms with van der Waals surface area (Å²) in [5.41, 5.74) is 0. The van der Waals surface area contributed by atoms with Gasteiger partial charge < -0.3 is 14.4 Å². The lowest BCUT2D eigenvalue weighted by atomic mass is 10.1. The number of carbonyl (C=O) groups excluding carboxylic acids is 1. The SMILES string of the molecule is C=CCCOC(C)C(=O)OC1CCN(c2ccc(Cl)cn2)CC1. The van der Waals surface area contributed by atoms with E-state index in [-0.39, 0.29) is 12.1 Å². The minimum Gasteiger partial charge on any atom is -0.460 e. The average Bonchev–Trinajstić information content (AvgIpc) is 2.56. The monoisotopic (exact) mass is 338 g/mol. The van der Waals surface area contributed by atoms with Crippen LogP contribution >= 0.6 is 11.6 Å². The first-order chi connectivity index (χ1) is 11.1. The summed E-state index contributed by atoms with van der Waals surface area (Å²) < 4.78 is 10.9. The number of esters is 1. The molecule has 1 aliphatic rings. The van der Waals surface area contributed by atoms with Crippen molar-refractivity contribution in [3.8, 4) is 0 Å². The third-order valence-corrected chi connectivity index (χ3v) is 4.01. The zero-order valence-corrected chi connectivity index (χ0v) is 14.2. The number of pyridine rings is 1. The predicted molar refractivity (Wildman–Crippen MR) is 90.8 cm³/mol. The van der Waals surface area contributed by atoms with Gasteiger partial charge in [-0.25, -0.2) is 9.78 Å². The Balaban J connectivity index is 1.74. The van der Waals surface area contributed by atoms with E-state index in [0.29, 0.717) is 11.6 Å². The molecule has 6 heteroatoms. The van der Waals surface area contributed by atoms with Crippen LogP contribution in [0.3, 0.4) is 0 Å². The fraction of sp³-hybridized carbons (Fsp3) is 0.529. The number of halogens is 1. The van der Waals surface area contributed by atoms with Gasteiger partial charge in [0.25, 0.3) is 0 Å². The second kappa shape index (κ2) is 8.89. The topological polar surface area (TPSA) is 51.7 Å².